The smallest absolute Gasteiger partial charge is 0.109 e. The number of halogens is 2. The summed E-state index contributed by atoms with van der Waals surface area (Å²) in [6, 6.07) is 0. The maximum Gasteiger partial charge on any atom is 0.109 e. The Labute approximate surface area is 101 Å². The summed E-state index contributed by atoms with van der Waals surface area (Å²) in [6.45, 7) is 12.0. The quantitative estimate of drug-likeness (QED) is 0.381. The molecule has 0 fully saturated rings. The molecule has 0 radical (unpaired) electrons. The third-order valence-corrected chi connectivity index (χ3v) is 4.49. The molecule has 0 amide bonds. The Hall–Kier alpha value is 0.400. The monoisotopic (exact) mass is 312 g/mol. The van der Waals surface area contributed by atoms with Crippen molar-refractivity contribution in [3.63, 3.8) is 0 Å². The van der Waals surface area contributed by atoms with Crippen molar-refractivity contribution in [1.82, 2.24) is 0 Å². The predicted molar refractivity (Wildman–Crippen MR) is 70.7 cm³/mol. The molecule has 0 aromatic heterocycles. The molecular weight excluding hydrogens is 290 g/mol. The highest BCUT2D eigenvalue weighted by Crippen LogP contribution is 2.30. The van der Waals surface area contributed by atoms with E-state index in [4.69, 9.17) is 0 Å². The van der Waals surface area contributed by atoms with Gasteiger partial charge in [-0.15, -0.1) is 0 Å². The SMILES string of the molecule is C=C(C)[C@H](CC)[C@@H](F)[C@H](C)[C@H](C)CI. The highest BCUT2D eigenvalue weighted by atomic mass is 127. The highest BCUT2D eigenvalue weighted by Gasteiger charge is 2.28. The molecular formula is C12H22FI. The molecule has 0 aromatic rings. The van der Waals surface area contributed by atoms with Crippen LogP contribution in [-0.4, -0.2) is 10.6 Å². The van der Waals surface area contributed by atoms with E-state index in [1.165, 1.54) is 0 Å². The van der Waals surface area contributed by atoms with Crippen LogP contribution in [0, 0.1) is 17.8 Å². The van der Waals surface area contributed by atoms with Crippen LogP contribution < -0.4 is 0 Å². The molecule has 0 nitrogen and oxygen atoms in total. The summed E-state index contributed by atoms with van der Waals surface area (Å²) in [4.78, 5) is 0. The molecule has 14 heavy (non-hydrogen) atoms. The minimum absolute atomic E-state index is 0.0374. The number of rotatable bonds is 6. The van der Waals surface area contributed by atoms with E-state index < -0.39 is 6.17 Å². The third kappa shape index (κ3) is 3.87. The van der Waals surface area contributed by atoms with Gasteiger partial charge in [0.15, 0.2) is 0 Å². The van der Waals surface area contributed by atoms with Gasteiger partial charge in [-0.05, 0) is 25.2 Å². The number of allylic oxidation sites excluding steroid dienone is 1. The maximum atomic E-state index is 14.1. The van der Waals surface area contributed by atoms with E-state index in [1.54, 1.807) is 0 Å². The second kappa shape index (κ2) is 6.81. The molecule has 0 N–H and O–H groups in total. The van der Waals surface area contributed by atoms with Crippen LogP contribution in [0.15, 0.2) is 12.2 Å². The highest BCUT2D eigenvalue weighted by molar-refractivity contribution is 14.1. The molecule has 0 heterocycles. The van der Waals surface area contributed by atoms with Gasteiger partial charge in [0.1, 0.15) is 6.17 Å². The lowest BCUT2D eigenvalue weighted by molar-refractivity contribution is 0.145. The van der Waals surface area contributed by atoms with E-state index in [0.717, 1.165) is 16.4 Å². The van der Waals surface area contributed by atoms with Crippen LogP contribution in [0.5, 0.6) is 0 Å². The number of hydrogen-bond acceptors (Lipinski definition) is 0. The van der Waals surface area contributed by atoms with Crippen LogP contribution >= 0.6 is 22.6 Å². The number of hydrogen-bond donors (Lipinski definition) is 0. The van der Waals surface area contributed by atoms with Gasteiger partial charge in [-0.3, -0.25) is 0 Å². The van der Waals surface area contributed by atoms with Crippen molar-refractivity contribution in [1.29, 1.82) is 0 Å². The van der Waals surface area contributed by atoms with Gasteiger partial charge in [0, 0.05) is 10.3 Å². The lowest BCUT2D eigenvalue weighted by Crippen LogP contribution is -2.28. The molecule has 0 aliphatic rings. The van der Waals surface area contributed by atoms with E-state index in [-0.39, 0.29) is 11.8 Å². The minimum atomic E-state index is -0.734. The first-order valence-corrected chi connectivity index (χ1v) is 6.83. The second-order valence-electron chi connectivity index (χ2n) is 4.30. The van der Waals surface area contributed by atoms with Gasteiger partial charge in [0.25, 0.3) is 0 Å². The third-order valence-electron chi connectivity index (χ3n) is 3.10. The minimum Gasteiger partial charge on any atom is -0.247 e. The molecule has 0 aliphatic heterocycles. The van der Waals surface area contributed by atoms with Crippen LogP contribution in [0.4, 0.5) is 4.39 Å². The zero-order valence-corrected chi connectivity index (χ0v) is 11.8. The van der Waals surface area contributed by atoms with Crippen molar-refractivity contribution in [2.75, 3.05) is 4.43 Å². The Kier molecular flexibility index (Phi) is 7.00. The van der Waals surface area contributed by atoms with Crippen molar-refractivity contribution in [2.24, 2.45) is 17.8 Å². The van der Waals surface area contributed by atoms with Crippen LogP contribution in [-0.2, 0) is 0 Å². The Bertz CT molecular complexity index is 179. The first kappa shape index (κ1) is 14.4. The number of alkyl halides is 2. The fourth-order valence-electron chi connectivity index (χ4n) is 1.67. The molecule has 0 spiro atoms. The standard InChI is InChI=1S/C12H22FI/c1-6-11(8(2)3)12(13)10(5)9(4)7-14/h9-12H,2,6-7H2,1,3-5H3/t9-,10-,11+,12+/m1/s1. The topological polar surface area (TPSA) is 0 Å². The first-order valence-electron chi connectivity index (χ1n) is 5.31. The van der Waals surface area contributed by atoms with Crippen molar-refractivity contribution in [3.8, 4) is 0 Å². The van der Waals surface area contributed by atoms with E-state index >= 15 is 0 Å². The molecule has 4 atom stereocenters. The van der Waals surface area contributed by atoms with Gasteiger partial charge < -0.3 is 0 Å². The van der Waals surface area contributed by atoms with Crippen molar-refractivity contribution in [3.05, 3.63) is 12.2 Å². The Morgan fingerprint density at radius 2 is 1.93 bits per heavy atom. The van der Waals surface area contributed by atoms with Crippen molar-refractivity contribution in [2.45, 2.75) is 40.3 Å². The summed E-state index contributed by atoms with van der Waals surface area (Å²) < 4.78 is 15.1. The summed E-state index contributed by atoms with van der Waals surface area (Å²) in [5.41, 5.74) is 0.979. The summed E-state index contributed by atoms with van der Waals surface area (Å²) in [5.74, 6) is 0.614. The maximum absolute atomic E-state index is 14.1. The van der Waals surface area contributed by atoms with Gasteiger partial charge in [-0.2, -0.15) is 0 Å². The fourth-order valence-corrected chi connectivity index (χ4v) is 2.47. The summed E-state index contributed by atoms with van der Waals surface area (Å²) in [7, 11) is 0. The molecule has 84 valence electrons. The largest absolute Gasteiger partial charge is 0.247 e. The summed E-state index contributed by atoms with van der Waals surface area (Å²) in [6.07, 6.45) is 0.122. The lowest BCUT2D eigenvalue weighted by Gasteiger charge is -2.28. The van der Waals surface area contributed by atoms with Gasteiger partial charge in [0.05, 0.1) is 0 Å². The molecule has 0 rings (SSSR count). The van der Waals surface area contributed by atoms with Crippen LogP contribution in [0.1, 0.15) is 34.1 Å². The van der Waals surface area contributed by atoms with E-state index in [9.17, 15) is 4.39 Å². The predicted octanol–water partition coefficient (Wildman–Crippen LogP) is 4.63. The zero-order valence-electron chi connectivity index (χ0n) is 9.69. The summed E-state index contributed by atoms with van der Waals surface area (Å²) >= 11 is 2.33. The molecule has 0 saturated heterocycles. The molecule has 0 bridgehead atoms. The Morgan fingerprint density at radius 1 is 1.43 bits per heavy atom. The van der Waals surface area contributed by atoms with Crippen molar-refractivity contribution < 1.29 is 4.39 Å². The first-order chi connectivity index (χ1) is 6.45. The van der Waals surface area contributed by atoms with Crippen LogP contribution in [0.2, 0.25) is 0 Å². The van der Waals surface area contributed by atoms with Gasteiger partial charge in [0.2, 0.25) is 0 Å². The average molecular weight is 312 g/mol. The Balaban J connectivity index is 4.41. The van der Waals surface area contributed by atoms with E-state index in [2.05, 4.69) is 36.1 Å². The van der Waals surface area contributed by atoms with Gasteiger partial charge >= 0.3 is 0 Å². The van der Waals surface area contributed by atoms with E-state index in [1.807, 2.05) is 20.8 Å². The lowest BCUT2D eigenvalue weighted by atomic mass is 9.82. The Morgan fingerprint density at radius 3 is 2.21 bits per heavy atom. The summed E-state index contributed by atoms with van der Waals surface area (Å²) in [5, 5.41) is 0. The second-order valence-corrected chi connectivity index (χ2v) is 5.18. The molecule has 0 unspecified atom stereocenters. The molecule has 0 aliphatic carbocycles. The van der Waals surface area contributed by atoms with Gasteiger partial charge in [-0.25, -0.2) is 4.39 Å². The van der Waals surface area contributed by atoms with Gasteiger partial charge in [-0.1, -0.05) is 55.5 Å². The zero-order chi connectivity index (χ0) is 11.3. The van der Waals surface area contributed by atoms with Crippen LogP contribution in [0.3, 0.4) is 0 Å². The molecule has 0 saturated carbocycles. The van der Waals surface area contributed by atoms with E-state index in [0.29, 0.717) is 5.92 Å². The van der Waals surface area contributed by atoms with Crippen molar-refractivity contribution >= 4 is 22.6 Å². The molecule has 0 aromatic carbocycles. The van der Waals surface area contributed by atoms with Crippen LogP contribution in [0.25, 0.3) is 0 Å². The fraction of sp³-hybridized carbons (Fsp3) is 0.833. The normalized spacial score (nSPS) is 19.9. The molecule has 2 heteroatoms. The average Bonchev–Trinajstić information content (AvgIpc) is 2.15.